The molecule has 0 aliphatic heterocycles. The molecule has 0 spiro atoms. The summed E-state index contributed by atoms with van der Waals surface area (Å²) in [6.07, 6.45) is 1.86. The molecule has 2 heteroatoms. The van der Waals surface area contributed by atoms with E-state index in [-0.39, 0.29) is 4.32 Å². The molecule has 0 bridgehead atoms. The lowest BCUT2D eigenvalue weighted by Gasteiger charge is -2.10. The first-order valence-electron chi connectivity index (χ1n) is 2.01. The molecule has 0 aromatic rings. The largest absolute Gasteiger partial charge is 0.102 e. The van der Waals surface area contributed by atoms with Gasteiger partial charge in [-0.1, -0.05) is 37.9 Å². The molecular formula is C5H8Br2. The molecule has 0 aliphatic rings. The van der Waals surface area contributed by atoms with Crippen LogP contribution in [0.4, 0.5) is 0 Å². The van der Waals surface area contributed by atoms with Gasteiger partial charge in [0.2, 0.25) is 0 Å². The van der Waals surface area contributed by atoms with Crippen LogP contribution in [0.15, 0.2) is 12.7 Å². The zero-order valence-corrected chi connectivity index (χ0v) is 7.42. The third-order valence-corrected chi connectivity index (χ3v) is 3.21. The second-order valence-electron chi connectivity index (χ2n) is 1.62. The topological polar surface area (TPSA) is 0 Å². The van der Waals surface area contributed by atoms with Crippen LogP contribution in [0.1, 0.15) is 6.92 Å². The van der Waals surface area contributed by atoms with Gasteiger partial charge in [0.15, 0.2) is 0 Å². The minimum absolute atomic E-state index is 0.0764. The van der Waals surface area contributed by atoms with Crippen molar-refractivity contribution in [2.24, 2.45) is 0 Å². The molecule has 0 N–H and O–H groups in total. The van der Waals surface area contributed by atoms with Crippen LogP contribution in [0.3, 0.4) is 0 Å². The zero-order chi connectivity index (χ0) is 5.91. The summed E-state index contributed by atoms with van der Waals surface area (Å²) in [5.41, 5.74) is 0. The van der Waals surface area contributed by atoms with Gasteiger partial charge in [-0.15, -0.1) is 6.58 Å². The molecule has 0 rings (SSSR count). The van der Waals surface area contributed by atoms with E-state index >= 15 is 0 Å². The van der Waals surface area contributed by atoms with Gasteiger partial charge in [-0.3, -0.25) is 0 Å². The highest BCUT2D eigenvalue weighted by Crippen LogP contribution is 2.19. The summed E-state index contributed by atoms with van der Waals surface area (Å²) in [5.74, 6) is 0. The molecule has 42 valence electrons. The third kappa shape index (κ3) is 3.30. The van der Waals surface area contributed by atoms with Crippen molar-refractivity contribution in [3.05, 3.63) is 12.7 Å². The molecule has 0 aromatic carbocycles. The number of allylic oxidation sites excluding steroid dienone is 1. The molecule has 0 heterocycles. The highest BCUT2D eigenvalue weighted by atomic mass is 79.9. The van der Waals surface area contributed by atoms with Crippen molar-refractivity contribution in [3.63, 3.8) is 0 Å². The first-order valence-corrected chi connectivity index (χ1v) is 3.92. The van der Waals surface area contributed by atoms with Crippen LogP contribution >= 0.6 is 31.9 Å². The van der Waals surface area contributed by atoms with Crippen LogP contribution in [0.5, 0.6) is 0 Å². The van der Waals surface area contributed by atoms with Crippen molar-refractivity contribution in [2.45, 2.75) is 11.2 Å². The van der Waals surface area contributed by atoms with Crippen molar-refractivity contribution in [1.82, 2.24) is 0 Å². The van der Waals surface area contributed by atoms with E-state index in [0.717, 1.165) is 5.33 Å². The molecule has 0 fully saturated rings. The summed E-state index contributed by atoms with van der Waals surface area (Å²) in [7, 11) is 0. The van der Waals surface area contributed by atoms with Crippen molar-refractivity contribution in [3.8, 4) is 0 Å². The molecule has 0 nitrogen and oxygen atoms in total. The molecule has 0 aromatic heterocycles. The number of alkyl halides is 2. The average Bonchev–Trinajstić information content (AvgIpc) is 1.68. The summed E-state index contributed by atoms with van der Waals surface area (Å²) < 4.78 is 0.0764. The van der Waals surface area contributed by atoms with Gasteiger partial charge >= 0.3 is 0 Å². The molecule has 7 heavy (non-hydrogen) atoms. The molecule has 0 saturated heterocycles. The van der Waals surface area contributed by atoms with Crippen LogP contribution in [-0.4, -0.2) is 9.65 Å². The summed E-state index contributed by atoms with van der Waals surface area (Å²) in [6, 6.07) is 0. The van der Waals surface area contributed by atoms with Crippen molar-refractivity contribution >= 4 is 31.9 Å². The zero-order valence-electron chi connectivity index (χ0n) is 4.25. The Kier molecular flexibility index (Phi) is 3.16. The van der Waals surface area contributed by atoms with E-state index in [2.05, 4.69) is 45.4 Å². The predicted octanol–water partition coefficient (Wildman–Crippen LogP) is 2.72. The molecule has 1 unspecified atom stereocenters. The Morgan fingerprint density at radius 2 is 2.29 bits per heavy atom. The van der Waals surface area contributed by atoms with Gasteiger partial charge in [-0.05, 0) is 6.92 Å². The number of hydrogen-bond donors (Lipinski definition) is 0. The van der Waals surface area contributed by atoms with E-state index in [4.69, 9.17) is 0 Å². The summed E-state index contributed by atoms with van der Waals surface area (Å²) in [4.78, 5) is 0. The van der Waals surface area contributed by atoms with E-state index in [1.54, 1.807) is 0 Å². The lowest BCUT2D eigenvalue weighted by atomic mass is 10.2. The lowest BCUT2D eigenvalue weighted by Crippen LogP contribution is -2.11. The SMILES string of the molecule is C=CC(C)(Br)CBr. The van der Waals surface area contributed by atoms with Gasteiger partial charge in [0.05, 0.1) is 4.32 Å². The fourth-order valence-corrected chi connectivity index (χ4v) is 0.283. The van der Waals surface area contributed by atoms with Crippen LogP contribution in [0.2, 0.25) is 0 Å². The standard InChI is InChI=1S/C5H8Br2/c1-3-5(2,7)4-6/h3H,1,4H2,2H3. The summed E-state index contributed by atoms with van der Waals surface area (Å²) in [6.45, 7) is 5.68. The molecule has 0 radical (unpaired) electrons. The Balaban J connectivity index is 3.58. The van der Waals surface area contributed by atoms with Crippen molar-refractivity contribution < 1.29 is 0 Å². The maximum Gasteiger partial charge on any atom is 0.0502 e. The summed E-state index contributed by atoms with van der Waals surface area (Å²) in [5, 5.41) is 0.906. The van der Waals surface area contributed by atoms with E-state index in [0.29, 0.717) is 0 Å². The molecule has 1 atom stereocenters. The van der Waals surface area contributed by atoms with Gasteiger partial charge in [0, 0.05) is 5.33 Å². The Hall–Kier alpha value is 0.700. The number of halogens is 2. The second-order valence-corrected chi connectivity index (χ2v) is 3.99. The van der Waals surface area contributed by atoms with Crippen LogP contribution < -0.4 is 0 Å². The molecule has 0 amide bonds. The average molecular weight is 228 g/mol. The summed E-state index contributed by atoms with van der Waals surface area (Å²) >= 11 is 6.73. The normalized spacial score (nSPS) is 18.1. The fourth-order valence-electron chi connectivity index (χ4n) is 0.0546. The molecular weight excluding hydrogens is 220 g/mol. The monoisotopic (exact) mass is 226 g/mol. The first kappa shape index (κ1) is 7.70. The van der Waals surface area contributed by atoms with Gasteiger partial charge < -0.3 is 0 Å². The Morgan fingerprint density at radius 1 is 1.86 bits per heavy atom. The molecule has 0 aliphatic carbocycles. The predicted molar refractivity (Wildman–Crippen MR) is 41.3 cm³/mol. The van der Waals surface area contributed by atoms with E-state index in [1.807, 2.05) is 6.08 Å². The quantitative estimate of drug-likeness (QED) is 0.503. The van der Waals surface area contributed by atoms with Crippen molar-refractivity contribution in [2.75, 3.05) is 5.33 Å². The molecule has 0 saturated carbocycles. The number of rotatable bonds is 2. The third-order valence-electron chi connectivity index (χ3n) is 0.687. The number of hydrogen-bond acceptors (Lipinski definition) is 0. The lowest BCUT2D eigenvalue weighted by molar-refractivity contribution is 0.948. The van der Waals surface area contributed by atoms with Gasteiger partial charge in [0.25, 0.3) is 0 Å². The Bertz CT molecular complexity index is 66.5. The minimum atomic E-state index is 0.0764. The second kappa shape index (κ2) is 2.88. The van der Waals surface area contributed by atoms with E-state index < -0.39 is 0 Å². The van der Waals surface area contributed by atoms with Crippen LogP contribution in [-0.2, 0) is 0 Å². The highest BCUT2D eigenvalue weighted by Gasteiger charge is 2.10. The van der Waals surface area contributed by atoms with Gasteiger partial charge in [-0.25, -0.2) is 0 Å². The van der Waals surface area contributed by atoms with Gasteiger partial charge in [-0.2, -0.15) is 0 Å². The van der Waals surface area contributed by atoms with E-state index in [9.17, 15) is 0 Å². The fraction of sp³-hybridized carbons (Fsp3) is 0.600. The highest BCUT2D eigenvalue weighted by molar-refractivity contribution is 9.12. The van der Waals surface area contributed by atoms with Crippen molar-refractivity contribution in [1.29, 1.82) is 0 Å². The van der Waals surface area contributed by atoms with E-state index in [1.165, 1.54) is 0 Å². The van der Waals surface area contributed by atoms with Gasteiger partial charge in [0.1, 0.15) is 0 Å². The Morgan fingerprint density at radius 3 is 2.29 bits per heavy atom. The maximum absolute atomic E-state index is 3.63. The van der Waals surface area contributed by atoms with Crippen LogP contribution in [0.25, 0.3) is 0 Å². The first-order chi connectivity index (χ1) is 3.12. The minimum Gasteiger partial charge on any atom is -0.102 e. The smallest absolute Gasteiger partial charge is 0.0502 e. The van der Waals surface area contributed by atoms with Crippen LogP contribution in [0, 0.1) is 0 Å². The Labute approximate surface area is 61.2 Å². The maximum atomic E-state index is 3.63.